The maximum absolute atomic E-state index is 14.9. The van der Waals surface area contributed by atoms with Crippen molar-refractivity contribution in [3.63, 3.8) is 0 Å². The third kappa shape index (κ3) is 50.2. The van der Waals surface area contributed by atoms with Crippen LogP contribution in [-0.4, -0.2) is 205 Å². The number of rotatable bonds is 76. The van der Waals surface area contributed by atoms with Gasteiger partial charge in [-0.25, -0.2) is 4.57 Å². The molecule has 3 rings (SSSR count). The molecule has 25 nitrogen and oxygen atoms in total. The Labute approximate surface area is 711 Å². The Morgan fingerprint density at radius 2 is 0.686 bits per heavy atom. The Hall–Kier alpha value is -3.05. The summed E-state index contributed by atoms with van der Waals surface area (Å²) in [6.45, 7) is 7.87. The molecule has 0 amide bonds. The summed E-state index contributed by atoms with van der Waals surface area (Å²) in [5, 5.41) is 102. The van der Waals surface area contributed by atoms with E-state index in [0.29, 0.717) is 44.4 Å². The van der Waals surface area contributed by atoms with E-state index in [4.69, 9.17) is 46.9 Å². The van der Waals surface area contributed by atoms with Gasteiger partial charge in [-0.1, -0.05) is 322 Å². The molecule has 118 heavy (non-hydrogen) atoms. The highest BCUT2D eigenvalue weighted by Gasteiger charge is 2.60. The highest BCUT2D eigenvalue weighted by molar-refractivity contribution is 7.47. The molecule has 692 valence electrons. The van der Waals surface area contributed by atoms with Crippen molar-refractivity contribution in [3.05, 3.63) is 24.3 Å². The number of allylic oxidation sites excluding steroid dienone is 4. The van der Waals surface area contributed by atoms with Crippen LogP contribution in [0.5, 0.6) is 0 Å². The number of phosphoric acid groups is 1. The number of esters is 4. The minimum Gasteiger partial charge on any atom is -0.463 e. The van der Waals surface area contributed by atoms with E-state index in [1.54, 1.807) is 0 Å². The lowest BCUT2D eigenvalue weighted by Crippen LogP contribution is -2.70. The summed E-state index contributed by atoms with van der Waals surface area (Å²) in [6.07, 6.45) is 28.9. The molecule has 3 aliphatic rings. The lowest BCUT2D eigenvalue weighted by atomic mass is 9.84. The standard InChI is InChI=1S/C92H169O25P/c1-6-10-14-18-22-25-28-31-33-36-38-41-44-51-57-63-75(94)108-68-72(111-77(96)65-59-53-46-43-40-35-30-27-24-20-16-12-8-3)69-110-118(106,107)117-90-88(115-91-85(104)81(100)79(98)73(67-93)112-91)84(103)83(102)87(114-78(97)66-60-54-48-47-50-56-62-71(5)61-55-49-21-17-13-9-4)89(90)116-92-86(105)82(101)80(99)74(113-92)70-109-76(95)64-58-52-45-42-39-37-34-32-29-26-23-19-15-11-7-2/h26,29,35,40,71-74,79-93,98-105H,6-25,27-28,30-34,36-39,41-70H2,1-5H3,(H,106,107)/b29-26-,40-35-. The fourth-order valence-corrected chi connectivity index (χ4v) is 16.6. The number of aliphatic hydroxyl groups is 9. The largest absolute Gasteiger partial charge is 0.472 e. The Balaban J connectivity index is 1.93. The second kappa shape index (κ2) is 70.2. The first-order valence-electron chi connectivity index (χ1n) is 47.5. The molecular formula is C92H169O25P. The summed E-state index contributed by atoms with van der Waals surface area (Å²) in [6, 6.07) is 0. The van der Waals surface area contributed by atoms with Crippen LogP contribution in [0.3, 0.4) is 0 Å². The van der Waals surface area contributed by atoms with Gasteiger partial charge in [0.1, 0.15) is 92.6 Å². The zero-order valence-electron chi connectivity index (χ0n) is 73.9. The topological polar surface area (TPSA) is 380 Å². The van der Waals surface area contributed by atoms with Crippen molar-refractivity contribution in [1.29, 1.82) is 0 Å². The van der Waals surface area contributed by atoms with Crippen LogP contribution in [0.2, 0.25) is 0 Å². The van der Waals surface area contributed by atoms with Gasteiger partial charge in [0.15, 0.2) is 24.8 Å². The summed E-state index contributed by atoms with van der Waals surface area (Å²) in [4.78, 5) is 66.5. The van der Waals surface area contributed by atoms with Gasteiger partial charge >= 0.3 is 31.7 Å². The molecule has 0 spiro atoms. The molecule has 2 aliphatic heterocycles. The van der Waals surface area contributed by atoms with E-state index >= 15 is 0 Å². The Kier molecular flexibility index (Phi) is 64.9. The second-order valence-corrected chi connectivity index (χ2v) is 35.6. The number of hydrogen-bond acceptors (Lipinski definition) is 24. The van der Waals surface area contributed by atoms with Gasteiger partial charge in [-0.2, -0.15) is 0 Å². The summed E-state index contributed by atoms with van der Waals surface area (Å²) < 4.78 is 73.5. The van der Waals surface area contributed by atoms with Gasteiger partial charge in [-0.3, -0.25) is 28.2 Å². The van der Waals surface area contributed by atoms with E-state index < -0.39 is 162 Å². The fraction of sp³-hybridized carbons (Fsp3) is 0.913. The van der Waals surface area contributed by atoms with Crippen LogP contribution < -0.4 is 0 Å². The third-order valence-electron chi connectivity index (χ3n) is 23.3. The molecule has 2 heterocycles. The Bertz CT molecular complexity index is 2570. The van der Waals surface area contributed by atoms with Crippen molar-refractivity contribution in [1.82, 2.24) is 0 Å². The molecule has 19 atom stereocenters. The lowest BCUT2D eigenvalue weighted by Gasteiger charge is -2.50. The van der Waals surface area contributed by atoms with Crippen molar-refractivity contribution in [2.45, 2.75) is 505 Å². The molecule has 0 aromatic rings. The van der Waals surface area contributed by atoms with Crippen molar-refractivity contribution in [2.24, 2.45) is 5.92 Å². The molecule has 0 radical (unpaired) electrons. The smallest absolute Gasteiger partial charge is 0.463 e. The van der Waals surface area contributed by atoms with E-state index in [9.17, 15) is 74.6 Å². The normalized spacial score (nSPS) is 25.3. The molecule has 0 bridgehead atoms. The molecule has 1 aliphatic carbocycles. The lowest BCUT2D eigenvalue weighted by molar-refractivity contribution is -0.360. The van der Waals surface area contributed by atoms with Crippen molar-refractivity contribution in [2.75, 3.05) is 26.4 Å². The maximum Gasteiger partial charge on any atom is 0.472 e. The molecule has 3 fully saturated rings. The molecule has 1 saturated carbocycles. The van der Waals surface area contributed by atoms with Crippen LogP contribution in [0.4, 0.5) is 0 Å². The maximum atomic E-state index is 14.9. The fourth-order valence-electron chi connectivity index (χ4n) is 15.7. The van der Waals surface area contributed by atoms with Crippen molar-refractivity contribution >= 4 is 31.7 Å². The Morgan fingerprint density at radius 3 is 1.11 bits per heavy atom. The highest BCUT2D eigenvalue weighted by atomic mass is 31.2. The van der Waals surface area contributed by atoms with Gasteiger partial charge < -0.3 is 88.7 Å². The highest BCUT2D eigenvalue weighted by Crippen LogP contribution is 2.49. The zero-order valence-corrected chi connectivity index (χ0v) is 74.8. The summed E-state index contributed by atoms with van der Waals surface area (Å²) in [7, 11) is -5.81. The molecule has 10 N–H and O–H groups in total. The van der Waals surface area contributed by atoms with Crippen molar-refractivity contribution < 1.29 is 122 Å². The van der Waals surface area contributed by atoms with Crippen LogP contribution in [0.1, 0.15) is 401 Å². The van der Waals surface area contributed by atoms with Gasteiger partial charge in [0, 0.05) is 25.7 Å². The molecule has 19 unspecified atom stereocenters. The number of hydrogen-bond donors (Lipinski definition) is 10. The first-order valence-corrected chi connectivity index (χ1v) is 49.0. The molecule has 0 aromatic carbocycles. The van der Waals surface area contributed by atoms with Gasteiger partial charge in [-0.15, -0.1) is 0 Å². The number of phosphoric ester groups is 1. The van der Waals surface area contributed by atoms with E-state index in [1.807, 2.05) is 0 Å². The van der Waals surface area contributed by atoms with Crippen molar-refractivity contribution in [3.8, 4) is 0 Å². The third-order valence-corrected chi connectivity index (χ3v) is 24.3. The number of ether oxygens (including phenoxy) is 8. The SMILES string of the molecule is CCCCCC/C=C\CCCCCCCCCC(=O)OCC1OC(OC2C(OC(=O)CCCCCCCCC(C)CCCCCCCC)C(O)C(O)C(OC3OC(CO)C(O)C(O)C3O)C2OP(=O)(O)OCC(COC(=O)CCCCCCCCCCCCCCCCC)OC(=O)CCCCC/C=C\CCCCCCCC)C(O)C(O)C1O. The van der Waals surface area contributed by atoms with Gasteiger partial charge in [0.2, 0.25) is 0 Å². The number of carbonyl (C=O) groups is 4. The quantitative estimate of drug-likeness (QED) is 0.00889. The zero-order chi connectivity index (χ0) is 86.2. The monoisotopic (exact) mass is 1710 g/mol. The Morgan fingerprint density at radius 1 is 0.356 bits per heavy atom. The van der Waals surface area contributed by atoms with E-state index in [2.05, 4.69) is 58.9 Å². The van der Waals surface area contributed by atoms with E-state index in [-0.39, 0.29) is 25.7 Å². The molecule has 0 aromatic heterocycles. The minimum atomic E-state index is -5.81. The van der Waals surface area contributed by atoms with Crippen LogP contribution in [0, 0.1) is 5.92 Å². The van der Waals surface area contributed by atoms with Crippen LogP contribution in [0.25, 0.3) is 0 Å². The second-order valence-electron chi connectivity index (χ2n) is 34.1. The van der Waals surface area contributed by atoms with Gasteiger partial charge in [0.25, 0.3) is 0 Å². The molecule has 2 saturated heterocycles. The molecule has 26 heteroatoms. The predicted octanol–water partition coefficient (Wildman–Crippen LogP) is 17.6. The van der Waals surface area contributed by atoms with Crippen LogP contribution in [-0.2, 0) is 70.7 Å². The number of unbranched alkanes of at least 4 members (excludes halogenated alkanes) is 44. The first-order chi connectivity index (χ1) is 57.1. The minimum absolute atomic E-state index is 0.00872. The van der Waals surface area contributed by atoms with Gasteiger partial charge in [0.05, 0.1) is 13.2 Å². The van der Waals surface area contributed by atoms with E-state index in [1.165, 1.54) is 161 Å². The predicted molar refractivity (Wildman–Crippen MR) is 458 cm³/mol. The first kappa shape index (κ1) is 109. The van der Waals surface area contributed by atoms with Crippen LogP contribution >= 0.6 is 7.82 Å². The van der Waals surface area contributed by atoms with E-state index in [0.717, 1.165) is 141 Å². The van der Waals surface area contributed by atoms with Gasteiger partial charge in [-0.05, 0) is 83.0 Å². The summed E-state index contributed by atoms with van der Waals surface area (Å²) in [5.74, 6) is -2.36. The summed E-state index contributed by atoms with van der Waals surface area (Å²) >= 11 is 0. The molecular weight excluding hydrogens is 1540 g/mol. The average Bonchev–Trinajstić information content (AvgIpc) is 0.754. The summed E-state index contributed by atoms with van der Waals surface area (Å²) in [5.41, 5.74) is 0. The average molecular weight is 1710 g/mol. The number of carbonyl (C=O) groups excluding carboxylic acids is 4. The van der Waals surface area contributed by atoms with Crippen LogP contribution in [0.15, 0.2) is 24.3 Å². The number of aliphatic hydroxyl groups excluding tert-OH is 9.